The topological polar surface area (TPSA) is 78.3 Å². The Kier molecular flexibility index (Phi) is 2.34. The zero-order valence-corrected chi connectivity index (χ0v) is 9.59. The van der Waals surface area contributed by atoms with Crippen LogP contribution in [-0.4, -0.2) is 0 Å². The minimum Gasteiger partial charge on any atom is -0.464 e. The fourth-order valence-corrected chi connectivity index (χ4v) is 1.92. The van der Waals surface area contributed by atoms with E-state index in [0.717, 1.165) is 11.1 Å². The quantitative estimate of drug-likeness (QED) is 0.673. The summed E-state index contributed by atoms with van der Waals surface area (Å²) in [4.78, 5) is 0. The van der Waals surface area contributed by atoms with E-state index in [-0.39, 0.29) is 0 Å². The van der Waals surface area contributed by atoms with E-state index in [1.54, 1.807) is 24.7 Å². The lowest BCUT2D eigenvalue weighted by molar-refractivity contribution is 0.581. The molecule has 4 nitrogen and oxygen atoms in total. The van der Waals surface area contributed by atoms with E-state index in [0.29, 0.717) is 22.9 Å². The summed E-state index contributed by atoms with van der Waals surface area (Å²) in [5.41, 5.74) is 14.8. The van der Waals surface area contributed by atoms with Crippen molar-refractivity contribution in [2.75, 3.05) is 11.5 Å². The third-order valence-corrected chi connectivity index (χ3v) is 2.79. The minimum atomic E-state index is 0.602. The Bertz CT molecular complexity index is 595. The fraction of sp³-hybridized carbons (Fsp3) is 0. The third kappa shape index (κ3) is 1.64. The Hall–Kier alpha value is -2.62. The molecule has 0 unspecified atom stereocenters. The van der Waals surface area contributed by atoms with Crippen molar-refractivity contribution in [3.8, 4) is 22.6 Å². The molecule has 4 heteroatoms. The van der Waals surface area contributed by atoms with Gasteiger partial charge in [0.05, 0.1) is 12.5 Å². The first-order valence-corrected chi connectivity index (χ1v) is 5.52. The molecule has 0 aliphatic heterocycles. The van der Waals surface area contributed by atoms with Crippen LogP contribution in [0.3, 0.4) is 0 Å². The molecule has 0 fully saturated rings. The number of hydrogen-bond acceptors (Lipinski definition) is 4. The monoisotopic (exact) mass is 240 g/mol. The number of rotatable bonds is 2. The van der Waals surface area contributed by atoms with Crippen molar-refractivity contribution in [1.29, 1.82) is 0 Å². The van der Waals surface area contributed by atoms with Gasteiger partial charge in [0.15, 0.2) is 0 Å². The number of anilines is 2. The second-order valence-electron chi connectivity index (χ2n) is 3.98. The standard InChI is InChI=1S/C14H12N2O2/c15-11-8-10(14-4-2-6-18-14)12(16)7-9(11)13-3-1-5-17-13/h1-8H,15-16H2. The zero-order chi connectivity index (χ0) is 12.5. The van der Waals surface area contributed by atoms with E-state index in [2.05, 4.69) is 0 Å². The molecule has 0 aliphatic carbocycles. The van der Waals surface area contributed by atoms with E-state index in [1.807, 2.05) is 24.3 Å². The number of hydrogen-bond donors (Lipinski definition) is 2. The number of nitrogens with two attached hydrogens (primary N) is 2. The molecule has 2 aromatic heterocycles. The number of furan rings is 2. The Morgan fingerprint density at radius 3 is 1.50 bits per heavy atom. The van der Waals surface area contributed by atoms with Gasteiger partial charge in [-0.1, -0.05) is 0 Å². The molecule has 0 aliphatic rings. The van der Waals surface area contributed by atoms with Crippen LogP contribution in [0.25, 0.3) is 22.6 Å². The van der Waals surface area contributed by atoms with Gasteiger partial charge < -0.3 is 20.3 Å². The molecule has 1 aromatic carbocycles. The van der Waals surface area contributed by atoms with Crippen LogP contribution in [0.5, 0.6) is 0 Å². The summed E-state index contributed by atoms with van der Waals surface area (Å²) in [6.45, 7) is 0. The van der Waals surface area contributed by atoms with E-state index in [1.165, 1.54) is 0 Å². The molecule has 0 saturated carbocycles. The van der Waals surface area contributed by atoms with Crippen molar-refractivity contribution in [2.45, 2.75) is 0 Å². The SMILES string of the molecule is Nc1cc(-c2ccco2)c(N)cc1-c1ccco1. The molecule has 3 aromatic rings. The van der Waals surface area contributed by atoms with Crippen LogP contribution in [-0.2, 0) is 0 Å². The summed E-state index contributed by atoms with van der Waals surface area (Å²) < 4.78 is 10.7. The highest BCUT2D eigenvalue weighted by Crippen LogP contribution is 2.35. The average Bonchev–Trinajstić information content (AvgIpc) is 3.02. The van der Waals surface area contributed by atoms with Gasteiger partial charge in [0.2, 0.25) is 0 Å². The van der Waals surface area contributed by atoms with Crippen LogP contribution in [0, 0.1) is 0 Å². The Morgan fingerprint density at radius 1 is 0.722 bits per heavy atom. The molecule has 3 rings (SSSR count). The molecular weight excluding hydrogens is 228 g/mol. The molecule has 0 radical (unpaired) electrons. The maximum atomic E-state index is 6.03. The largest absolute Gasteiger partial charge is 0.464 e. The first kappa shape index (κ1) is 10.5. The average molecular weight is 240 g/mol. The van der Waals surface area contributed by atoms with E-state index in [9.17, 15) is 0 Å². The summed E-state index contributed by atoms with van der Waals surface area (Å²) in [6.07, 6.45) is 3.21. The molecule has 90 valence electrons. The summed E-state index contributed by atoms with van der Waals surface area (Å²) in [7, 11) is 0. The lowest BCUT2D eigenvalue weighted by Gasteiger charge is -2.08. The highest BCUT2D eigenvalue weighted by molar-refractivity contribution is 5.85. The maximum absolute atomic E-state index is 6.03. The van der Waals surface area contributed by atoms with Gasteiger partial charge in [0.25, 0.3) is 0 Å². The van der Waals surface area contributed by atoms with Crippen molar-refractivity contribution in [1.82, 2.24) is 0 Å². The van der Waals surface area contributed by atoms with Gasteiger partial charge in [0, 0.05) is 22.5 Å². The molecule has 0 saturated heterocycles. The first-order chi connectivity index (χ1) is 8.75. The maximum Gasteiger partial charge on any atom is 0.135 e. The van der Waals surface area contributed by atoms with Gasteiger partial charge in [-0.25, -0.2) is 0 Å². The summed E-state index contributed by atoms with van der Waals surface area (Å²) >= 11 is 0. The molecule has 2 heterocycles. The third-order valence-electron chi connectivity index (χ3n) is 2.79. The van der Waals surface area contributed by atoms with Gasteiger partial charge >= 0.3 is 0 Å². The first-order valence-electron chi connectivity index (χ1n) is 5.52. The molecule has 0 atom stereocenters. The molecule has 0 spiro atoms. The van der Waals surface area contributed by atoms with Gasteiger partial charge in [-0.3, -0.25) is 0 Å². The Balaban J connectivity index is 2.15. The lowest BCUT2D eigenvalue weighted by Crippen LogP contribution is -1.95. The lowest BCUT2D eigenvalue weighted by atomic mass is 10.0. The predicted molar refractivity (Wildman–Crippen MR) is 70.7 cm³/mol. The highest BCUT2D eigenvalue weighted by atomic mass is 16.3. The molecule has 0 bridgehead atoms. The van der Waals surface area contributed by atoms with Crippen LogP contribution in [0.1, 0.15) is 0 Å². The van der Waals surface area contributed by atoms with Crippen molar-refractivity contribution in [2.24, 2.45) is 0 Å². The van der Waals surface area contributed by atoms with Crippen molar-refractivity contribution >= 4 is 11.4 Å². The number of benzene rings is 1. The second-order valence-corrected chi connectivity index (χ2v) is 3.98. The van der Waals surface area contributed by atoms with Crippen molar-refractivity contribution in [3.63, 3.8) is 0 Å². The smallest absolute Gasteiger partial charge is 0.135 e. The normalized spacial score (nSPS) is 10.7. The summed E-state index contributed by atoms with van der Waals surface area (Å²) in [6, 6.07) is 10.9. The van der Waals surface area contributed by atoms with Gasteiger partial charge in [-0.15, -0.1) is 0 Å². The predicted octanol–water partition coefficient (Wildman–Crippen LogP) is 3.37. The van der Waals surface area contributed by atoms with Gasteiger partial charge in [-0.2, -0.15) is 0 Å². The molecule has 0 amide bonds. The van der Waals surface area contributed by atoms with Crippen LogP contribution in [0.2, 0.25) is 0 Å². The van der Waals surface area contributed by atoms with Crippen LogP contribution in [0.4, 0.5) is 11.4 Å². The Labute approximate surface area is 104 Å². The van der Waals surface area contributed by atoms with E-state index in [4.69, 9.17) is 20.3 Å². The van der Waals surface area contributed by atoms with E-state index < -0.39 is 0 Å². The van der Waals surface area contributed by atoms with Crippen molar-refractivity contribution < 1.29 is 8.83 Å². The fourth-order valence-electron chi connectivity index (χ4n) is 1.92. The minimum absolute atomic E-state index is 0.602. The van der Waals surface area contributed by atoms with Crippen molar-refractivity contribution in [3.05, 3.63) is 48.9 Å². The molecular formula is C14H12N2O2. The van der Waals surface area contributed by atoms with Gasteiger partial charge in [0.1, 0.15) is 11.5 Å². The molecule has 18 heavy (non-hydrogen) atoms. The van der Waals surface area contributed by atoms with Crippen LogP contribution in [0.15, 0.2) is 57.8 Å². The second kappa shape index (κ2) is 4.00. The van der Waals surface area contributed by atoms with E-state index >= 15 is 0 Å². The Morgan fingerprint density at radius 2 is 1.17 bits per heavy atom. The summed E-state index contributed by atoms with van der Waals surface area (Å²) in [5, 5.41) is 0. The summed E-state index contributed by atoms with van der Waals surface area (Å²) in [5.74, 6) is 1.40. The zero-order valence-electron chi connectivity index (χ0n) is 9.59. The molecule has 4 N–H and O–H groups in total. The van der Waals surface area contributed by atoms with Crippen LogP contribution < -0.4 is 11.5 Å². The van der Waals surface area contributed by atoms with Gasteiger partial charge in [-0.05, 0) is 36.4 Å². The highest BCUT2D eigenvalue weighted by Gasteiger charge is 2.12. The number of nitrogen functional groups attached to an aromatic ring is 2. The van der Waals surface area contributed by atoms with Crippen LogP contribution >= 0.6 is 0 Å².